The normalized spacial score (nSPS) is 10.8. The van der Waals surface area contributed by atoms with Gasteiger partial charge >= 0.3 is 0 Å². The summed E-state index contributed by atoms with van der Waals surface area (Å²) in [7, 11) is 0. The van der Waals surface area contributed by atoms with Gasteiger partial charge in [0.1, 0.15) is 6.26 Å². The Kier molecular flexibility index (Phi) is 4.78. The smallest absolute Gasteiger partial charge is 0.238 e. The minimum absolute atomic E-state index is 0.142. The number of hydrogen-bond acceptors (Lipinski definition) is 7. The summed E-state index contributed by atoms with van der Waals surface area (Å²) in [6.07, 6.45) is 3.64. The number of aryl methyl sites for hydroxylation is 1. The van der Waals surface area contributed by atoms with Crippen LogP contribution >= 0.6 is 0 Å². The van der Waals surface area contributed by atoms with Crippen molar-refractivity contribution in [1.29, 1.82) is 0 Å². The third-order valence-corrected chi connectivity index (χ3v) is 3.81. The summed E-state index contributed by atoms with van der Waals surface area (Å²) in [5, 5.41) is 6.63. The fourth-order valence-corrected chi connectivity index (χ4v) is 2.46. The molecule has 27 heavy (non-hydrogen) atoms. The molecule has 4 rings (SSSR count). The zero-order valence-corrected chi connectivity index (χ0v) is 14.3. The molecule has 4 aromatic rings. The van der Waals surface area contributed by atoms with Gasteiger partial charge in [-0.3, -0.25) is 4.79 Å². The van der Waals surface area contributed by atoms with Crippen molar-refractivity contribution in [2.24, 2.45) is 0 Å². The molecule has 3 heterocycles. The predicted molar refractivity (Wildman–Crippen MR) is 94.1 cm³/mol. The lowest BCUT2D eigenvalue weighted by atomic mass is 10.2. The largest absolute Gasteiger partial charge is 0.461 e. The van der Waals surface area contributed by atoms with E-state index in [0.29, 0.717) is 35.5 Å². The Morgan fingerprint density at radius 1 is 1.04 bits per heavy atom. The van der Waals surface area contributed by atoms with Crippen LogP contribution in [0.1, 0.15) is 18.0 Å². The van der Waals surface area contributed by atoms with Crippen molar-refractivity contribution < 1.29 is 18.2 Å². The molecular weight excluding hydrogens is 348 g/mol. The van der Waals surface area contributed by atoms with Crippen LogP contribution in [0, 0.1) is 0 Å². The third kappa shape index (κ3) is 4.12. The summed E-state index contributed by atoms with van der Waals surface area (Å²) >= 11 is 0. The van der Waals surface area contributed by atoms with Crippen LogP contribution in [0.4, 0.5) is 0 Å². The number of rotatable bonds is 7. The fourth-order valence-electron chi connectivity index (χ4n) is 2.46. The fraction of sp³-hybridized carbons (Fsp3) is 0.158. The maximum atomic E-state index is 12.0. The van der Waals surface area contributed by atoms with Gasteiger partial charge in [0.2, 0.25) is 23.5 Å². The van der Waals surface area contributed by atoms with E-state index >= 15 is 0 Å². The van der Waals surface area contributed by atoms with Crippen LogP contribution in [-0.4, -0.2) is 21.0 Å². The van der Waals surface area contributed by atoms with Crippen LogP contribution in [0.2, 0.25) is 0 Å². The van der Waals surface area contributed by atoms with Crippen molar-refractivity contribution in [1.82, 2.24) is 20.4 Å². The molecule has 0 unspecified atom stereocenters. The molecule has 0 atom stereocenters. The molecule has 8 nitrogen and oxygen atoms in total. The Balaban J connectivity index is 1.26. The van der Waals surface area contributed by atoms with Crippen molar-refractivity contribution in [3.8, 4) is 23.0 Å². The van der Waals surface area contributed by atoms with E-state index in [4.69, 9.17) is 13.4 Å². The van der Waals surface area contributed by atoms with Crippen molar-refractivity contribution >= 4 is 5.91 Å². The number of carbonyl (C=O) groups excluding carboxylic acids is 1. The summed E-state index contributed by atoms with van der Waals surface area (Å²) in [4.78, 5) is 20.6. The van der Waals surface area contributed by atoms with E-state index in [1.165, 1.54) is 12.5 Å². The summed E-state index contributed by atoms with van der Waals surface area (Å²) in [5.41, 5.74) is 1.54. The highest BCUT2D eigenvalue weighted by Gasteiger charge is 2.13. The SMILES string of the molecule is O=C(CCc1nc(-c2ccco2)no1)NCc1coc(-c2ccccc2)n1. The van der Waals surface area contributed by atoms with Crippen molar-refractivity contribution in [3.05, 3.63) is 66.6 Å². The minimum Gasteiger partial charge on any atom is -0.461 e. The lowest BCUT2D eigenvalue weighted by Gasteiger charge is -2.00. The number of furan rings is 1. The highest BCUT2D eigenvalue weighted by Crippen LogP contribution is 2.18. The van der Waals surface area contributed by atoms with Gasteiger partial charge in [-0.05, 0) is 24.3 Å². The van der Waals surface area contributed by atoms with E-state index in [1.54, 1.807) is 12.1 Å². The summed E-state index contributed by atoms with van der Waals surface area (Å²) in [5.74, 6) is 1.65. The number of aromatic nitrogens is 3. The molecule has 0 saturated heterocycles. The van der Waals surface area contributed by atoms with E-state index in [1.807, 2.05) is 30.3 Å². The molecule has 0 saturated carbocycles. The van der Waals surface area contributed by atoms with E-state index in [0.717, 1.165) is 5.56 Å². The monoisotopic (exact) mass is 364 g/mol. The van der Waals surface area contributed by atoms with E-state index in [9.17, 15) is 4.79 Å². The summed E-state index contributed by atoms with van der Waals surface area (Å²) in [6, 6.07) is 13.1. The Morgan fingerprint density at radius 3 is 2.74 bits per heavy atom. The Hall–Kier alpha value is -3.68. The molecule has 0 aliphatic rings. The van der Waals surface area contributed by atoms with Crippen molar-refractivity contribution in [3.63, 3.8) is 0 Å². The number of oxazole rings is 1. The number of nitrogens with zero attached hydrogens (tertiary/aromatic N) is 3. The molecule has 1 amide bonds. The van der Waals surface area contributed by atoms with Gasteiger partial charge in [0.05, 0.1) is 18.5 Å². The Labute approximate surface area is 154 Å². The van der Waals surface area contributed by atoms with Gasteiger partial charge in [-0.15, -0.1) is 0 Å². The summed E-state index contributed by atoms with van der Waals surface area (Å²) in [6.45, 7) is 0.288. The average Bonchev–Trinajstić information content (AvgIpc) is 3.47. The van der Waals surface area contributed by atoms with Crippen LogP contribution in [-0.2, 0) is 17.8 Å². The lowest BCUT2D eigenvalue weighted by Crippen LogP contribution is -2.23. The second kappa shape index (κ2) is 7.69. The molecule has 1 N–H and O–H groups in total. The maximum absolute atomic E-state index is 12.0. The van der Waals surface area contributed by atoms with Gasteiger partial charge in [0.25, 0.3) is 0 Å². The molecule has 0 spiro atoms. The number of nitrogens with one attached hydrogen (secondary N) is 1. The predicted octanol–water partition coefficient (Wildman–Crippen LogP) is 3.23. The molecule has 136 valence electrons. The van der Waals surface area contributed by atoms with Crippen LogP contribution in [0.5, 0.6) is 0 Å². The first-order valence-corrected chi connectivity index (χ1v) is 8.41. The quantitative estimate of drug-likeness (QED) is 0.536. The number of hydrogen-bond donors (Lipinski definition) is 1. The van der Waals surface area contributed by atoms with Crippen molar-refractivity contribution in [2.75, 3.05) is 0 Å². The zero-order valence-electron chi connectivity index (χ0n) is 14.3. The first-order chi connectivity index (χ1) is 13.3. The van der Waals surface area contributed by atoms with Gasteiger partial charge < -0.3 is 18.7 Å². The highest BCUT2D eigenvalue weighted by molar-refractivity contribution is 5.76. The van der Waals surface area contributed by atoms with Crippen LogP contribution in [0.3, 0.4) is 0 Å². The average molecular weight is 364 g/mol. The maximum Gasteiger partial charge on any atom is 0.238 e. The van der Waals surface area contributed by atoms with Gasteiger partial charge in [0, 0.05) is 18.4 Å². The molecule has 0 fully saturated rings. The third-order valence-electron chi connectivity index (χ3n) is 3.81. The topological polar surface area (TPSA) is 107 Å². The molecule has 0 bridgehead atoms. The minimum atomic E-state index is -0.142. The second-order valence-corrected chi connectivity index (χ2v) is 5.78. The van der Waals surface area contributed by atoms with Crippen molar-refractivity contribution in [2.45, 2.75) is 19.4 Å². The number of benzene rings is 1. The van der Waals surface area contributed by atoms with Gasteiger partial charge in [0.15, 0.2) is 5.76 Å². The van der Waals surface area contributed by atoms with Gasteiger partial charge in [-0.1, -0.05) is 23.4 Å². The molecule has 1 aromatic carbocycles. The molecule has 8 heteroatoms. The number of amides is 1. The van der Waals surface area contributed by atoms with Crippen LogP contribution < -0.4 is 5.32 Å². The zero-order chi connectivity index (χ0) is 18.5. The molecule has 0 radical (unpaired) electrons. The van der Waals surface area contributed by atoms with Gasteiger partial charge in [-0.2, -0.15) is 4.98 Å². The van der Waals surface area contributed by atoms with E-state index < -0.39 is 0 Å². The second-order valence-electron chi connectivity index (χ2n) is 5.78. The lowest BCUT2D eigenvalue weighted by molar-refractivity contribution is -0.121. The van der Waals surface area contributed by atoms with Gasteiger partial charge in [-0.25, -0.2) is 4.98 Å². The molecule has 0 aliphatic carbocycles. The molecule has 0 aliphatic heterocycles. The molecular formula is C19H16N4O4. The standard InChI is InChI=1S/C19H16N4O4/c24-16(8-9-17-22-18(23-27-17)15-7-4-10-25-15)20-11-14-12-26-19(21-14)13-5-2-1-3-6-13/h1-7,10,12H,8-9,11H2,(H,20,24). The first-order valence-electron chi connectivity index (χ1n) is 8.41. The Morgan fingerprint density at radius 2 is 1.93 bits per heavy atom. The molecule has 3 aromatic heterocycles. The van der Waals surface area contributed by atoms with E-state index in [2.05, 4.69) is 20.4 Å². The van der Waals surface area contributed by atoms with Crippen LogP contribution in [0.15, 0.2) is 68.3 Å². The number of carbonyl (C=O) groups is 1. The highest BCUT2D eigenvalue weighted by atomic mass is 16.5. The van der Waals surface area contributed by atoms with E-state index in [-0.39, 0.29) is 18.9 Å². The Bertz CT molecular complexity index is 1010. The summed E-state index contributed by atoms with van der Waals surface area (Å²) < 4.78 is 15.8. The first kappa shape index (κ1) is 16.8. The van der Waals surface area contributed by atoms with Crippen LogP contribution in [0.25, 0.3) is 23.0 Å².